The third-order valence-electron chi connectivity index (χ3n) is 3.71. The summed E-state index contributed by atoms with van der Waals surface area (Å²) in [7, 11) is 0. The molecule has 3 nitrogen and oxygen atoms in total. The van der Waals surface area contributed by atoms with Crippen LogP contribution >= 0.6 is 0 Å². The smallest absolute Gasteiger partial charge is 0.161 e. The summed E-state index contributed by atoms with van der Waals surface area (Å²) in [6.07, 6.45) is 2.40. The Morgan fingerprint density at radius 3 is 2.47 bits per heavy atom. The van der Waals surface area contributed by atoms with Crippen molar-refractivity contribution in [3.8, 4) is 11.5 Å². The van der Waals surface area contributed by atoms with Crippen LogP contribution in [0.15, 0.2) is 18.2 Å². The Kier molecular flexibility index (Phi) is 6.71. The predicted molar refractivity (Wildman–Crippen MR) is 79.6 cm³/mol. The summed E-state index contributed by atoms with van der Waals surface area (Å²) in [6.45, 7) is 9.99. The van der Waals surface area contributed by atoms with Crippen LogP contribution in [0.5, 0.6) is 11.5 Å². The zero-order valence-electron chi connectivity index (χ0n) is 12.6. The number of nitrogens with one attached hydrogen (secondary N) is 1. The van der Waals surface area contributed by atoms with Gasteiger partial charge in [-0.2, -0.15) is 0 Å². The molecular weight excluding hydrogens is 238 g/mol. The Morgan fingerprint density at radius 1 is 1.21 bits per heavy atom. The molecule has 0 aliphatic carbocycles. The van der Waals surface area contributed by atoms with Crippen LogP contribution in [0.1, 0.15) is 46.1 Å². The quantitative estimate of drug-likeness (QED) is 0.753. The molecule has 2 N–H and O–H groups in total. The van der Waals surface area contributed by atoms with E-state index < -0.39 is 0 Å². The molecule has 1 unspecified atom stereocenters. The lowest BCUT2D eigenvalue weighted by atomic mass is 9.95. The van der Waals surface area contributed by atoms with E-state index in [1.807, 2.05) is 19.1 Å². The van der Waals surface area contributed by atoms with Crippen LogP contribution in [-0.4, -0.2) is 17.8 Å². The molecule has 0 aliphatic rings. The van der Waals surface area contributed by atoms with Crippen molar-refractivity contribution in [1.82, 2.24) is 5.32 Å². The van der Waals surface area contributed by atoms with Gasteiger partial charge in [-0.3, -0.25) is 0 Å². The van der Waals surface area contributed by atoms with Gasteiger partial charge < -0.3 is 15.2 Å². The number of phenolic OH excluding ortho intramolecular Hbond substituents is 1. The van der Waals surface area contributed by atoms with Crippen molar-refractivity contribution in [1.29, 1.82) is 0 Å². The predicted octanol–water partition coefficient (Wildman–Crippen LogP) is 3.71. The van der Waals surface area contributed by atoms with Gasteiger partial charge in [-0.25, -0.2) is 0 Å². The first-order valence-corrected chi connectivity index (χ1v) is 7.30. The van der Waals surface area contributed by atoms with Crippen LogP contribution in [0.2, 0.25) is 0 Å². The summed E-state index contributed by atoms with van der Waals surface area (Å²) in [5.74, 6) is 1.49. The van der Waals surface area contributed by atoms with E-state index in [4.69, 9.17) is 4.74 Å². The lowest BCUT2D eigenvalue weighted by Gasteiger charge is -2.22. The van der Waals surface area contributed by atoms with Gasteiger partial charge in [0.05, 0.1) is 6.61 Å². The summed E-state index contributed by atoms with van der Waals surface area (Å²) in [5, 5.41) is 13.2. The third-order valence-corrected chi connectivity index (χ3v) is 3.71. The monoisotopic (exact) mass is 265 g/mol. The minimum atomic E-state index is 0.207. The first-order chi connectivity index (χ1) is 9.12. The van der Waals surface area contributed by atoms with Gasteiger partial charge in [0, 0.05) is 12.6 Å². The highest BCUT2D eigenvalue weighted by Crippen LogP contribution is 2.26. The Bertz CT molecular complexity index is 375. The second-order valence-corrected chi connectivity index (χ2v) is 4.98. The Balaban J connectivity index is 2.60. The van der Waals surface area contributed by atoms with Crippen LogP contribution in [0.25, 0.3) is 0 Å². The molecule has 0 heterocycles. The van der Waals surface area contributed by atoms with Crippen LogP contribution in [0.4, 0.5) is 0 Å². The maximum atomic E-state index is 9.66. The molecule has 0 bridgehead atoms. The van der Waals surface area contributed by atoms with Gasteiger partial charge in [0.2, 0.25) is 0 Å². The molecule has 108 valence electrons. The van der Waals surface area contributed by atoms with E-state index in [9.17, 15) is 5.11 Å². The maximum absolute atomic E-state index is 9.66. The van der Waals surface area contributed by atoms with E-state index in [0.717, 1.165) is 12.1 Å². The highest BCUT2D eigenvalue weighted by atomic mass is 16.5. The molecule has 1 rings (SSSR count). The van der Waals surface area contributed by atoms with E-state index in [0.29, 0.717) is 24.3 Å². The molecule has 19 heavy (non-hydrogen) atoms. The standard InChI is InChI=1S/C16H27NO2/c1-5-14(6-2)12(4)17-11-13-8-9-15(18)16(10-13)19-7-3/h8-10,12,14,17-18H,5-7,11H2,1-4H3. The van der Waals surface area contributed by atoms with Crippen molar-refractivity contribution >= 4 is 0 Å². The zero-order valence-corrected chi connectivity index (χ0v) is 12.6. The second kappa shape index (κ2) is 8.05. The Labute approximate surface area is 117 Å². The van der Waals surface area contributed by atoms with E-state index in [1.165, 1.54) is 12.8 Å². The zero-order chi connectivity index (χ0) is 14.3. The summed E-state index contributed by atoms with van der Waals surface area (Å²) in [5.41, 5.74) is 1.14. The Hall–Kier alpha value is -1.22. The van der Waals surface area contributed by atoms with Crippen LogP contribution in [0.3, 0.4) is 0 Å². The van der Waals surface area contributed by atoms with Crippen molar-refractivity contribution in [2.24, 2.45) is 5.92 Å². The van der Waals surface area contributed by atoms with Crippen LogP contribution < -0.4 is 10.1 Å². The van der Waals surface area contributed by atoms with Crippen molar-refractivity contribution in [3.05, 3.63) is 23.8 Å². The van der Waals surface area contributed by atoms with E-state index >= 15 is 0 Å². The lowest BCUT2D eigenvalue weighted by Crippen LogP contribution is -2.32. The first kappa shape index (κ1) is 15.8. The van der Waals surface area contributed by atoms with Gasteiger partial charge in [-0.15, -0.1) is 0 Å². The number of hydrogen-bond donors (Lipinski definition) is 2. The molecular formula is C16H27NO2. The molecule has 0 spiro atoms. The van der Waals surface area contributed by atoms with Crippen molar-refractivity contribution in [2.75, 3.05) is 6.61 Å². The minimum absolute atomic E-state index is 0.207. The summed E-state index contributed by atoms with van der Waals surface area (Å²) in [6, 6.07) is 6.04. The summed E-state index contributed by atoms with van der Waals surface area (Å²) >= 11 is 0. The van der Waals surface area contributed by atoms with Gasteiger partial charge in [-0.1, -0.05) is 32.8 Å². The molecule has 0 saturated carbocycles. The largest absolute Gasteiger partial charge is 0.504 e. The van der Waals surface area contributed by atoms with Crippen molar-refractivity contribution < 1.29 is 9.84 Å². The molecule has 0 radical (unpaired) electrons. The van der Waals surface area contributed by atoms with Crippen LogP contribution in [-0.2, 0) is 6.54 Å². The topological polar surface area (TPSA) is 41.5 Å². The fraction of sp³-hybridized carbons (Fsp3) is 0.625. The number of phenols is 1. The lowest BCUT2D eigenvalue weighted by molar-refractivity contribution is 0.317. The maximum Gasteiger partial charge on any atom is 0.161 e. The van der Waals surface area contributed by atoms with Gasteiger partial charge in [0.25, 0.3) is 0 Å². The Morgan fingerprint density at radius 2 is 1.89 bits per heavy atom. The molecule has 0 saturated heterocycles. The molecule has 3 heteroatoms. The highest BCUT2D eigenvalue weighted by molar-refractivity contribution is 5.41. The van der Waals surface area contributed by atoms with E-state index in [2.05, 4.69) is 26.1 Å². The van der Waals surface area contributed by atoms with Gasteiger partial charge in [-0.05, 0) is 37.5 Å². The number of ether oxygens (including phenoxy) is 1. The van der Waals surface area contributed by atoms with Gasteiger partial charge in [0.1, 0.15) is 0 Å². The molecule has 0 aliphatic heterocycles. The van der Waals surface area contributed by atoms with Crippen LogP contribution in [0, 0.1) is 5.92 Å². The number of rotatable bonds is 8. The SMILES string of the molecule is CCOc1cc(CNC(C)C(CC)CC)ccc1O. The van der Waals surface area contributed by atoms with Crippen molar-refractivity contribution in [3.63, 3.8) is 0 Å². The number of aromatic hydroxyl groups is 1. The first-order valence-electron chi connectivity index (χ1n) is 7.30. The fourth-order valence-electron chi connectivity index (χ4n) is 2.38. The number of hydrogen-bond acceptors (Lipinski definition) is 3. The average Bonchev–Trinajstić information content (AvgIpc) is 2.41. The van der Waals surface area contributed by atoms with E-state index in [1.54, 1.807) is 6.07 Å². The molecule has 1 aromatic rings. The molecule has 0 fully saturated rings. The summed E-state index contributed by atoms with van der Waals surface area (Å²) < 4.78 is 5.40. The normalized spacial score (nSPS) is 12.7. The highest BCUT2D eigenvalue weighted by Gasteiger charge is 2.13. The molecule has 1 atom stereocenters. The minimum Gasteiger partial charge on any atom is -0.504 e. The molecule has 0 amide bonds. The van der Waals surface area contributed by atoms with Gasteiger partial charge >= 0.3 is 0 Å². The van der Waals surface area contributed by atoms with Crippen molar-refractivity contribution in [2.45, 2.75) is 53.1 Å². The second-order valence-electron chi connectivity index (χ2n) is 4.98. The fourth-order valence-corrected chi connectivity index (χ4v) is 2.38. The number of benzene rings is 1. The summed E-state index contributed by atoms with van der Waals surface area (Å²) in [4.78, 5) is 0. The molecule has 0 aromatic heterocycles. The average molecular weight is 265 g/mol. The molecule has 1 aromatic carbocycles. The third kappa shape index (κ3) is 4.75. The van der Waals surface area contributed by atoms with Gasteiger partial charge in [0.15, 0.2) is 11.5 Å². The van der Waals surface area contributed by atoms with E-state index in [-0.39, 0.29) is 5.75 Å².